The summed E-state index contributed by atoms with van der Waals surface area (Å²) in [5, 5.41) is 5.60. The predicted molar refractivity (Wildman–Crippen MR) is 120 cm³/mol. The maximum Gasteiger partial charge on any atom is 0.265 e. The third kappa shape index (κ3) is 5.07. The minimum atomic E-state index is -0.474. The van der Waals surface area contributed by atoms with Gasteiger partial charge in [-0.05, 0) is 31.0 Å². The second kappa shape index (κ2) is 9.35. The molecule has 4 rings (SSSR count). The van der Waals surface area contributed by atoms with Crippen LogP contribution < -0.4 is 16.0 Å². The number of amides is 1. The number of benzene rings is 1. The van der Waals surface area contributed by atoms with Gasteiger partial charge >= 0.3 is 0 Å². The normalized spacial score (nSPS) is 15.9. The number of anilines is 1. The Labute approximate surface area is 191 Å². The molecule has 1 N–H and O–H groups in total. The van der Waals surface area contributed by atoms with Crippen molar-refractivity contribution in [3.05, 3.63) is 66.5 Å². The van der Waals surface area contributed by atoms with Gasteiger partial charge in [0.05, 0.1) is 23.4 Å². The van der Waals surface area contributed by atoms with Crippen LogP contribution in [0.25, 0.3) is 11.3 Å². The molecule has 1 amide bonds. The molecule has 0 bridgehead atoms. The molecule has 0 saturated carbocycles. The average molecular weight is 481 g/mol. The zero-order valence-corrected chi connectivity index (χ0v) is 18.5. The van der Waals surface area contributed by atoms with Crippen LogP contribution in [0.1, 0.15) is 12.8 Å². The van der Waals surface area contributed by atoms with Crippen LogP contribution in [0.2, 0.25) is 10.0 Å². The molecule has 0 radical (unpaired) electrons. The van der Waals surface area contributed by atoms with E-state index in [0.717, 1.165) is 29.7 Å². The maximum atomic E-state index is 13.1. The highest BCUT2D eigenvalue weighted by molar-refractivity contribution is 7.14. The summed E-state index contributed by atoms with van der Waals surface area (Å²) < 4.78 is 6.68. The van der Waals surface area contributed by atoms with Gasteiger partial charge in [0, 0.05) is 34.7 Å². The molecule has 2 aromatic heterocycles. The summed E-state index contributed by atoms with van der Waals surface area (Å²) in [7, 11) is 0. The topological polar surface area (TPSA) is 97.3 Å². The van der Waals surface area contributed by atoms with Gasteiger partial charge < -0.3 is 4.74 Å². The van der Waals surface area contributed by atoms with Gasteiger partial charge in [-0.2, -0.15) is 0 Å². The highest BCUT2D eigenvalue weighted by Gasteiger charge is 2.26. The van der Waals surface area contributed by atoms with Crippen LogP contribution in [0, 0.1) is 0 Å². The van der Waals surface area contributed by atoms with E-state index in [1.807, 2.05) is 0 Å². The quantitative estimate of drug-likeness (QED) is 0.584. The molecule has 3 aromatic rings. The number of aromatic amines is 1. The van der Waals surface area contributed by atoms with Gasteiger partial charge in [-0.1, -0.05) is 23.2 Å². The molecule has 8 nitrogen and oxygen atoms in total. The van der Waals surface area contributed by atoms with Crippen molar-refractivity contribution in [3.8, 4) is 11.3 Å². The number of H-pyrrole nitrogens is 1. The molecular formula is C20H18Cl2N4O4S. The third-order valence-corrected chi connectivity index (χ3v) is 6.23. The molecular weight excluding hydrogens is 463 g/mol. The minimum Gasteiger partial charge on any atom is -0.376 e. The Morgan fingerprint density at radius 3 is 2.87 bits per heavy atom. The van der Waals surface area contributed by atoms with E-state index < -0.39 is 11.1 Å². The summed E-state index contributed by atoms with van der Waals surface area (Å²) in [5.74, 6) is -0.387. The fourth-order valence-corrected chi connectivity index (χ4v) is 4.64. The van der Waals surface area contributed by atoms with Gasteiger partial charge in [0.1, 0.15) is 6.54 Å². The van der Waals surface area contributed by atoms with Gasteiger partial charge in [-0.15, -0.1) is 11.3 Å². The van der Waals surface area contributed by atoms with E-state index in [0.29, 0.717) is 39.6 Å². The first kappa shape index (κ1) is 21.8. The SMILES string of the molecule is O=C(Cn1[nH]c(=O)ccc1=O)N(CC1CCCO1)c1nc(-c2ccc(Cl)cc2Cl)cs1. The maximum absolute atomic E-state index is 13.1. The molecule has 0 spiro atoms. The first-order chi connectivity index (χ1) is 14.9. The number of nitrogens with zero attached hydrogens (tertiary/aromatic N) is 3. The Bertz CT molecular complexity index is 1220. The van der Waals surface area contributed by atoms with Crippen LogP contribution >= 0.6 is 34.5 Å². The monoisotopic (exact) mass is 480 g/mol. The van der Waals surface area contributed by atoms with Crippen molar-refractivity contribution in [1.29, 1.82) is 0 Å². The number of hydrogen-bond donors (Lipinski definition) is 1. The molecule has 1 saturated heterocycles. The van der Waals surface area contributed by atoms with Gasteiger partial charge in [-0.3, -0.25) is 24.4 Å². The Balaban J connectivity index is 1.64. The van der Waals surface area contributed by atoms with E-state index in [9.17, 15) is 14.4 Å². The standard InChI is InChI=1S/C20H18Cl2N4O4S/c21-12-3-4-14(15(22)8-12)16-11-31-20(23-16)25(9-13-2-1-7-30-13)19(29)10-26-18(28)6-5-17(27)24-26/h3-6,8,11,13H,1-2,7,9-10H2,(H,24,27). The summed E-state index contributed by atoms with van der Waals surface area (Å²) >= 11 is 13.6. The summed E-state index contributed by atoms with van der Waals surface area (Å²) in [6.45, 7) is 0.617. The molecule has 0 aliphatic carbocycles. The van der Waals surface area contributed by atoms with E-state index in [4.69, 9.17) is 27.9 Å². The third-order valence-electron chi connectivity index (χ3n) is 4.82. The molecule has 1 aliphatic rings. The second-order valence-corrected chi connectivity index (χ2v) is 8.69. The number of aromatic nitrogens is 3. The molecule has 162 valence electrons. The van der Waals surface area contributed by atoms with E-state index in [-0.39, 0.29) is 18.6 Å². The molecule has 11 heteroatoms. The highest BCUT2D eigenvalue weighted by Crippen LogP contribution is 2.34. The largest absolute Gasteiger partial charge is 0.376 e. The first-order valence-corrected chi connectivity index (χ1v) is 11.2. The van der Waals surface area contributed by atoms with Crippen LogP contribution in [0.5, 0.6) is 0 Å². The number of carbonyl (C=O) groups excluding carboxylic acids is 1. The van der Waals surface area contributed by atoms with Crippen molar-refractivity contribution >= 4 is 45.6 Å². The Morgan fingerprint density at radius 2 is 2.13 bits per heavy atom. The van der Waals surface area contributed by atoms with Gasteiger partial charge in [0.25, 0.3) is 17.0 Å². The van der Waals surface area contributed by atoms with Gasteiger partial charge in [0.2, 0.25) is 0 Å². The number of halogens is 2. The van der Waals surface area contributed by atoms with Gasteiger partial charge in [-0.25, -0.2) is 9.67 Å². The van der Waals surface area contributed by atoms with E-state index in [2.05, 4.69) is 10.1 Å². The average Bonchev–Trinajstić information content (AvgIpc) is 3.41. The number of rotatable bonds is 6. The van der Waals surface area contributed by atoms with Crippen molar-refractivity contribution in [3.63, 3.8) is 0 Å². The second-order valence-electron chi connectivity index (χ2n) is 7.01. The Kier molecular flexibility index (Phi) is 6.57. The summed E-state index contributed by atoms with van der Waals surface area (Å²) in [6, 6.07) is 7.36. The number of carbonyl (C=O) groups is 1. The fourth-order valence-electron chi connectivity index (χ4n) is 3.29. The lowest BCUT2D eigenvalue weighted by atomic mass is 10.2. The van der Waals surface area contributed by atoms with Crippen molar-refractivity contribution in [2.24, 2.45) is 0 Å². The molecule has 1 aliphatic heterocycles. The van der Waals surface area contributed by atoms with Crippen LogP contribution in [0.4, 0.5) is 5.13 Å². The van der Waals surface area contributed by atoms with Crippen LogP contribution in [0.3, 0.4) is 0 Å². The lowest BCUT2D eigenvalue weighted by Gasteiger charge is -2.23. The first-order valence-electron chi connectivity index (χ1n) is 9.54. The Hall–Kier alpha value is -2.46. The number of thiazole rings is 1. The zero-order valence-electron chi connectivity index (χ0n) is 16.2. The lowest BCUT2D eigenvalue weighted by molar-refractivity contribution is -0.119. The fraction of sp³-hybridized carbons (Fsp3) is 0.300. The minimum absolute atomic E-state index is 0.123. The van der Waals surface area contributed by atoms with Crippen molar-refractivity contribution in [2.75, 3.05) is 18.1 Å². The van der Waals surface area contributed by atoms with Crippen molar-refractivity contribution in [2.45, 2.75) is 25.5 Å². The Morgan fingerprint density at radius 1 is 1.29 bits per heavy atom. The molecule has 1 fully saturated rings. The van der Waals surface area contributed by atoms with E-state index in [1.54, 1.807) is 23.6 Å². The number of ether oxygens (including phenoxy) is 1. The molecule has 31 heavy (non-hydrogen) atoms. The van der Waals surface area contributed by atoms with Crippen LogP contribution in [0.15, 0.2) is 45.3 Å². The molecule has 1 atom stereocenters. The predicted octanol–water partition coefficient (Wildman–Crippen LogP) is 3.18. The van der Waals surface area contributed by atoms with E-state index in [1.165, 1.54) is 16.2 Å². The van der Waals surface area contributed by atoms with Crippen molar-refractivity contribution in [1.82, 2.24) is 14.8 Å². The van der Waals surface area contributed by atoms with Crippen LogP contribution in [-0.4, -0.2) is 39.9 Å². The number of nitrogens with one attached hydrogen (secondary N) is 1. The molecule has 1 unspecified atom stereocenters. The molecule has 1 aromatic carbocycles. The van der Waals surface area contributed by atoms with E-state index >= 15 is 0 Å². The van der Waals surface area contributed by atoms with Gasteiger partial charge in [0.15, 0.2) is 5.13 Å². The lowest BCUT2D eigenvalue weighted by Crippen LogP contribution is -2.42. The summed E-state index contributed by atoms with van der Waals surface area (Å²) in [5.41, 5.74) is 0.364. The zero-order chi connectivity index (χ0) is 22.0. The molecule has 3 heterocycles. The van der Waals surface area contributed by atoms with Crippen LogP contribution in [-0.2, 0) is 16.1 Å². The highest BCUT2D eigenvalue weighted by atomic mass is 35.5. The number of hydrogen-bond acceptors (Lipinski definition) is 6. The smallest absolute Gasteiger partial charge is 0.265 e. The summed E-state index contributed by atoms with van der Waals surface area (Å²) in [6.07, 6.45) is 1.62. The van der Waals surface area contributed by atoms with Crippen molar-refractivity contribution < 1.29 is 9.53 Å². The summed E-state index contributed by atoms with van der Waals surface area (Å²) in [4.78, 5) is 42.8.